The van der Waals surface area contributed by atoms with Crippen molar-refractivity contribution in [3.05, 3.63) is 33.4 Å². The van der Waals surface area contributed by atoms with E-state index in [1.54, 1.807) is 6.07 Å². The zero-order chi connectivity index (χ0) is 23.6. The lowest BCUT2D eigenvalue weighted by Crippen LogP contribution is -2.59. The van der Waals surface area contributed by atoms with Crippen LogP contribution in [0.1, 0.15) is 75.7 Å². The first kappa shape index (κ1) is 21.1. The van der Waals surface area contributed by atoms with Gasteiger partial charge in [0, 0.05) is 23.3 Å². The van der Waals surface area contributed by atoms with E-state index >= 15 is 0 Å². The molecule has 1 saturated carbocycles. The molecule has 1 aromatic rings. The molecular weight excluding hydrogens is 422 g/mol. The van der Waals surface area contributed by atoms with Crippen LogP contribution in [0.4, 0.5) is 5.69 Å². The van der Waals surface area contributed by atoms with Gasteiger partial charge in [-0.05, 0) is 56.7 Å². The Balaban J connectivity index is 1.54. The number of hydrogen-bond donors (Lipinski definition) is 1. The van der Waals surface area contributed by atoms with Crippen molar-refractivity contribution < 1.29 is 19.2 Å². The van der Waals surface area contributed by atoms with Crippen molar-refractivity contribution in [1.29, 1.82) is 0 Å². The van der Waals surface area contributed by atoms with Crippen LogP contribution in [0.5, 0.6) is 5.75 Å². The van der Waals surface area contributed by atoms with Crippen LogP contribution in [-0.4, -0.2) is 51.8 Å². The number of benzene rings is 1. The summed E-state index contributed by atoms with van der Waals surface area (Å²) in [5.41, 5.74) is -1.84. The zero-order valence-corrected chi connectivity index (χ0v) is 19.7. The van der Waals surface area contributed by atoms with Gasteiger partial charge < -0.3 is 10.1 Å². The second kappa shape index (κ2) is 6.14. The van der Waals surface area contributed by atoms with Crippen molar-refractivity contribution >= 4 is 17.4 Å². The van der Waals surface area contributed by atoms with Crippen molar-refractivity contribution in [2.75, 3.05) is 18.4 Å². The summed E-state index contributed by atoms with van der Waals surface area (Å²) in [5.74, 6) is -0.0270. The van der Waals surface area contributed by atoms with Crippen LogP contribution < -0.4 is 10.1 Å². The lowest BCUT2D eigenvalue weighted by molar-refractivity contribution is -0.584. The van der Waals surface area contributed by atoms with Gasteiger partial charge in [-0.2, -0.15) is 0 Å². The number of ether oxygens (including phenoxy) is 1. The number of amides is 1. The summed E-state index contributed by atoms with van der Waals surface area (Å²) in [5, 5.41) is 15.7. The van der Waals surface area contributed by atoms with E-state index in [1.165, 1.54) is 0 Å². The molecule has 8 heteroatoms. The number of nitrogens with one attached hydrogen (secondary N) is 1. The molecule has 1 aliphatic carbocycles. The average molecular weight is 454 g/mol. The molecule has 0 radical (unpaired) electrons. The molecule has 1 N–H and O–H groups in total. The van der Waals surface area contributed by atoms with Crippen LogP contribution >= 0.6 is 0 Å². The van der Waals surface area contributed by atoms with Crippen molar-refractivity contribution in [3.63, 3.8) is 0 Å². The summed E-state index contributed by atoms with van der Waals surface area (Å²) in [4.78, 5) is 41.9. The minimum atomic E-state index is -1.18. The van der Waals surface area contributed by atoms with Gasteiger partial charge in [-0.25, -0.2) is 0 Å². The number of carbonyl (C=O) groups excluding carboxylic acids is 2. The molecule has 1 spiro atoms. The molecular formula is C25H31N3O5. The molecule has 4 aliphatic heterocycles. The third-order valence-electron chi connectivity index (χ3n) is 9.54. The standard InChI is InChI=1S/C25H31N3O5/c1-22(2)11-16(29)19-17(33-22)8-7-15-20(19)26-21(30)25(15)12-24(28(31)32)13-27-9-5-6-14(27)10-18(24)23(25,3)4/h7-8,14,18H,5-6,9-13H2,1-4H3,(H,26,30)/t14-,18-,24-,25+/m1/s1. The minimum Gasteiger partial charge on any atom is -0.487 e. The smallest absolute Gasteiger partial charge is 0.239 e. The maximum absolute atomic E-state index is 13.8. The predicted molar refractivity (Wildman–Crippen MR) is 121 cm³/mol. The molecule has 176 valence electrons. The summed E-state index contributed by atoms with van der Waals surface area (Å²) in [6.45, 7) is 9.09. The lowest BCUT2D eigenvalue weighted by atomic mass is 9.60. The van der Waals surface area contributed by atoms with E-state index in [0.717, 1.165) is 31.4 Å². The third kappa shape index (κ3) is 2.40. The van der Waals surface area contributed by atoms with E-state index in [2.05, 4.69) is 10.2 Å². The summed E-state index contributed by atoms with van der Waals surface area (Å²) in [7, 11) is 0. The van der Waals surface area contributed by atoms with Gasteiger partial charge in [0.2, 0.25) is 11.4 Å². The van der Waals surface area contributed by atoms with E-state index in [9.17, 15) is 19.7 Å². The first-order chi connectivity index (χ1) is 15.4. The summed E-state index contributed by atoms with van der Waals surface area (Å²) in [6.07, 6.45) is 3.25. The molecule has 8 nitrogen and oxygen atoms in total. The highest BCUT2D eigenvalue weighted by molar-refractivity contribution is 6.15. The second-order valence-corrected chi connectivity index (χ2v) is 12.0. The van der Waals surface area contributed by atoms with Crippen LogP contribution in [0.2, 0.25) is 0 Å². The van der Waals surface area contributed by atoms with Gasteiger partial charge in [0.25, 0.3) is 0 Å². The third-order valence-corrected chi connectivity index (χ3v) is 9.54. The molecule has 4 atom stereocenters. The molecule has 4 heterocycles. The first-order valence-corrected chi connectivity index (χ1v) is 12.0. The lowest BCUT2D eigenvalue weighted by Gasteiger charge is -2.45. The summed E-state index contributed by atoms with van der Waals surface area (Å²) >= 11 is 0. The molecule has 0 unspecified atom stereocenters. The van der Waals surface area contributed by atoms with Crippen LogP contribution in [0.25, 0.3) is 0 Å². The Kier molecular flexibility index (Phi) is 3.92. The van der Waals surface area contributed by atoms with E-state index in [0.29, 0.717) is 29.6 Å². The molecule has 33 heavy (non-hydrogen) atoms. The maximum atomic E-state index is 13.8. The molecule has 1 aromatic carbocycles. The quantitative estimate of drug-likeness (QED) is 0.515. The number of Topliss-reactive ketones (excluding diaryl/α,β-unsaturated/α-hetero) is 1. The van der Waals surface area contributed by atoms with Crippen LogP contribution in [0.3, 0.4) is 0 Å². The largest absolute Gasteiger partial charge is 0.487 e. The van der Waals surface area contributed by atoms with Gasteiger partial charge in [0.1, 0.15) is 11.4 Å². The molecule has 0 bridgehead atoms. The van der Waals surface area contributed by atoms with Gasteiger partial charge in [-0.15, -0.1) is 0 Å². The topological polar surface area (TPSA) is 102 Å². The van der Waals surface area contributed by atoms with Gasteiger partial charge in [-0.3, -0.25) is 24.6 Å². The molecule has 6 rings (SSSR count). The van der Waals surface area contributed by atoms with Crippen molar-refractivity contribution in [2.24, 2.45) is 11.3 Å². The monoisotopic (exact) mass is 453 g/mol. The number of nitrogens with zero attached hydrogens (tertiary/aromatic N) is 2. The van der Waals surface area contributed by atoms with E-state index < -0.39 is 22.0 Å². The molecule has 1 amide bonds. The van der Waals surface area contributed by atoms with Crippen LogP contribution in [0.15, 0.2) is 12.1 Å². The molecule has 5 aliphatic rings. The Bertz CT molecular complexity index is 1130. The van der Waals surface area contributed by atoms with Gasteiger partial charge in [0.05, 0.1) is 29.6 Å². The Morgan fingerprint density at radius 3 is 2.70 bits per heavy atom. The minimum absolute atomic E-state index is 0.0618. The highest BCUT2D eigenvalue weighted by Crippen LogP contribution is 2.68. The SMILES string of the molecule is CC1(C)CC(=O)c2c(ccc3c2NC(=O)[C@]32C[C@@]3([N+](=O)[O-])CN4CCC[C@@H]4C[C@@H]3C2(C)C)O1. The Morgan fingerprint density at radius 1 is 1.21 bits per heavy atom. The van der Waals surface area contributed by atoms with E-state index in [1.807, 2.05) is 33.8 Å². The Morgan fingerprint density at radius 2 is 1.97 bits per heavy atom. The summed E-state index contributed by atoms with van der Waals surface area (Å²) < 4.78 is 6.07. The van der Waals surface area contributed by atoms with Crippen molar-refractivity contribution in [3.8, 4) is 5.75 Å². The van der Waals surface area contributed by atoms with Crippen LogP contribution in [0, 0.1) is 21.4 Å². The molecule has 0 aromatic heterocycles. The fourth-order valence-corrected chi connectivity index (χ4v) is 8.10. The number of fused-ring (bicyclic) bond motifs is 6. The predicted octanol–water partition coefficient (Wildman–Crippen LogP) is 3.55. The number of anilines is 1. The fraction of sp³-hybridized carbons (Fsp3) is 0.680. The number of carbonyl (C=O) groups is 2. The van der Waals surface area contributed by atoms with Gasteiger partial charge in [0.15, 0.2) is 5.78 Å². The van der Waals surface area contributed by atoms with Gasteiger partial charge >= 0.3 is 0 Å². The Hall–Kier alpha value is -2.48. The van der Waals surface area contributed by atoms with Crippen molar-refractivity contribution in [2.45, 2.75) is 82.4 Å². The molecule has 2 saturated heterocycles. The number of rotatable bonds is 1. The highest BCUT2D eigenvalue weighted by atomic mass is 16.6. The normalized spacial score (nSPS) is 37.7. The molecule has 3 fully saturated rings. The summed E-state index contributed by atoms with van der Waals surface area (Å²) in [6, 6.07) is 4.00. The van der Waals surface area contributed by atoms with Gasteiger partial charge in [-0.1, -0.05) is 19.9 Å². The zero-order valence-electron chi connectivity index (χ0n) is 19.7. The number of piperidine rings is 1. The Labute approximate surface area is 193 Å². The first-order valence-electron chi connectivity index (χ1n) is 12.0. The van der Waals surface area contributed by atoms with E-state index in [4.69, 9.17) is 4.74 Å². The van der Waals surface area contributed by atoms with Crippen LogP contribution in [-0.2, 0) is 10.2 Å². The number of nitro groups is 1. The van der Waals surface area contributed by atoms with E-state index in [-0.39, 0.29) is 35.4 Å². The maximum Gasteiger partial charge on any atom is 0.239 e. The number of ketones is 1. The number of hydrogen-bond acceptors (Lipinski definition) is 6. The average Bonchev–Trinajstić information content (AvgIpc) is 3.33. The fourth-order valence-electron chi connectivity index (χ4n) is 8.10. The van der Waals surface area contributed by atoms with Crippen molar-refractivity contribution in [1.82, 2.24) is 4.90 Å². The second-order valence-electron chi connectivity index (χ2n) is 12.0. The highest BCUT2D eigenvalue weighted by Gasteiger charge is 2.78.